The van der Waals surface area contributed by atoms with E-state index in [0.717, 1.165) is 12.8 Å². The SMILES string of the molecule is c1ccc(-c2cc3ccccc3cc2-c2c3ccccc3c(-c3ccc(N4c5ccccc5CCc5ccccc54)cc3)c3ccccc23)cc1. The minimum absolute atomic E-state index is 1.04. The van der Waals surface area contributed by atoms with E-state index in [1.54, 1.807) is 0 Å². The Hall–Kier alpha value is -6.44. The van der Waals surface area contributed by atoms with Gasteiger partial charge in [-0.1, -0.05) is 152 Å². The molecule has 9 aromatic carbocycles. The van der Waals surface area contributed by atoms with E-state index in [1.807, 2.05) is 0 Å². The molecule has 1 heteroatoms. The molecule has 0 unspecified atom stereocenters. The van der Waals surface area contributed by atoms with Crippen LogP contribution in [0.2, 0.25) is 0 Å². The summed E-state index contributed by atoms with van der Waals surface area (Å²) in [4.78, 5) is 2.45. The summed E-state index contributed by atoms with van der Waals surface area (Å²) in [6.07, 6.45) is 2.07. The molecule has 0 radical (unpaired) electrons. The molecular formula is C50H35N. The van der Waals surface area contributed by atoms with Gasteiger partial charge in [-0.2, -0.15) is 0 Å². The lowest BCUT2D eigenvalue weighted by atomic mass is 9.83. The van der Waals surface area contributed by atoms with Crippen molar-refractivity contribution < 1.29 is 0 Å². The molecule has 0 aliphatic carbocycles. The first-order chi connectivity index (χ1) is 25.3. The Balaban J connectivity index is 1.20. The number of anilines is 3. The predicted octanol–water partition coefficient (Wildman–Crippen LogP) is 13.7. The van der Waals surface area contributed by atoms with Crippen LogP contribution in [0.15, 0.2) is 188 Å². The Morgan fingerprint density at radius 2 is 0.784 bits per heavy atom. The summed E-state index contributed by atoms with van der Waals surface area (Å²) in [5.74, 6) is 0. The van der Waals surface area contributed by atoms with Gasteiger partial charge in [0.15, 0.2) is 0 Å². The highest BCUT2D eigenvalue weighted by atomic mass is 15.1. The molecule has 1 heterocycles. The Labute approximate surface area is 298 Å². The molecule has 0 saturated carbocycles. The van der Waals surface area contributed by atoms with Crippen molar-refractivity contribution in [3.05, 3.63) is 199 Å². The molecule has 1 aliphatic heterocycles. The molecule has 0 aromatic heterocycles. The lowest BCUT2D eigenvalue weighted by Gasteiger charge is -2.27. The van der Waals surface area contributed by atoms with Gasteiger partial charge in [0.05, 0.1) is 0 Å². The van der Waals surface area contributed by atoms with Crippen LogP contribution in [0, 0.1) is 0 Å². The monoisotopic (exact) mass is 649 g/mol. The highest BCUT2D eigenvalue weighted by Crippen LogP contribution is 2.48. The normalized spacial score (nSPS) is 12.5. The Morgan fingerprint density at radius 1 is 0.333 bits per heavy atom. The average Bonchev–Trinajstić information content (AvgIpc) is 3.37. The van der Waals surface area contributed by atoms with Gasteiger partial charge in [0.1, 0.15) is 0 Å². The topological polar surface area (TPSA) is 3.24 Å². The standard InChI is InChI=1S/C50H35N/c1-2-14-34(15-3-1)45-32-38-18-4-5-19-39(38)33-46(45)50-43-22-10-8-20-41(43)49(42-21-9-11-23-44(42)50)37-28-30-40(31-29-37)51-47-24-12-6-16-35(47)26-27-36-17-7-13-25-48(36)51/h1-25,28-33H,26-27H2. The number of fused-ring (bicyclic) bond motifs is 5. The fourth-order valence-electron chi connectivity index (χ4n) is 8.37. The summed E-state index contributed by atoms with van der Waals surface area (Å²) in [6.45, 7) is 0. The summed E-state index contributed by atoms with van der Waals surface area (Å²) < 4.78 is 0. The van der Waals surface area contributed by atoms with E-state index >= 15 is 0 Å². The largest absolute Gasteiger partial charge is 0.310 e. The quantitative estimate of drug-likeness (QED) is 0.172. The molecule has 0 N–H and O–H groups in total. The second-order valence-electron chi connectivity index (χ2n) is 13.6. The second-order valence-corrected chi connectivity index (χ2v) is 13.6. The van der Waals surface area contributed by atoms with Crippen molar-refractivity contribution in [3.8, 4) is 33.4 Å². The van der Waals surface area contributed by atoms with E-state index in [4.69, 9.17) is 0 Å². The van der Waals surface area contributed by atoms with Crippen molar-refractivity contribution in [3.63, 3.8) is 0 Å². The average molecular weight is 650 g/mol. The second kappa shape index (κ2) is 12.2. The molecule has 0 spiro atoms. The van der Waals surface area contributed by atoms with Gasteiger partial charge >= 0.3 is 0 Å². The maximum atomic E-state index is 2.45. The number of hydrogen-bond acceptors (Lipinski definition) is 1. The molecule has 0 bridgehead atoms. The van der Waals surface area contributed by atoms with Gasteiger partial charge in [0.25, 0.3) is 0 Å². The molecule has 240 valence electrons. The minimum Gasteiger partial charge on any atom is -0.310 e. The van der Waals surface area contributed by atoms with Gasteiger partial charge in [-0.15, -0.1) is 0 Å². The highest BCUT2D eigenvalue weighted by Gasteiger charge is 2.23. The molecule has 1 aliphatic rings. The van der Waals surface area contributed by atoms with E-state index < -0.39 is 0 Å². The van der Waals surface area contributed by atoms with Gasteiger partial charge in [-0.3, -0.25) is 0 Å². The maximum Gasteiger partial charge on any atom is 0.0493 e. The van der Waals surface area contributed by atoms with Crippen LogP contribution >= 0.6 is 0 Å². The van der Waals surface area contributed by atoms with Crippen molar-refractivity contribution in [2.24, 2.45) is 0 Å². The van der Waals surface area contributed by atoms with Gasteiger partial charge in [-0.25, -0.2) is 0 Å². The molecule has 10 rings (SSSR count). The van der Waals surface area contributed by atoms with Gasteiger partial charge in [-0.05, 0) is 126 Å². The lowest BCUT2D eigenvalue weighted by molar-refractivity contribution is 0.977. The molecule has 0 saturated heterocycles. The van der Waals surface area contributed by atoms with Crippen LogP contribution in [0.1, 0.15) is 11.1 Å². The third kappa shape index (κ3) is 4.93. The lowest BCUT2D eigenvalue weighted by Crippen LogP contribution is -2.11. The van der Waals surface area contributed by atoms with Gasteiger partial charge < -0.3 is 4.90 Å². The van der Waals surface area contributed by atoms with E-state index in [-0.39, 0.29) is 0 Å². The molecule has 51 heavy (non-hydrogen) atoms. The number of nitrogens with zero attached hydrogens (tertiary/aromatic N) is 1. The number of benzene rings is 9. The Kier molecular flexibility index (Phi) is 7.03. The van der Waals surface area contributed by atoms with Crippen LogP contribution in [0.4, 0.5) is 17.1 Å². The van der Waals surface area contributed by atoms with Gasteiger partial charge in [0, 0.05) is 17.1 Å². The number of hydrogen-bond donors (Lipinski definition) is 0. The Bertz CT molecular complexity index is 2640. The molecular weight excluding hydrogens is 615 g/mol. The molecule has 0 amide bonds. The highest BCUT2D eigenvalue weighted by molar-refractivity contribution is 6.23. The zero-order valence-corrected chi connectivity index (χ0v) is 28.3. The van der Waals surface area contributed by atoms with E-state index in [2.05, 4.69) is 193 Å². The van der Waals surface area contributed by atoms with E-state index in [9.17, 15) is 0 Å². The summed E-state index contributed by atoms with van der Waals surface area (Å²) in [5.41, 5.74) is 14.0. The smallest absolute Gasteiger partial charge is 0.0493 e. The first-order valence-electron chi connectivity index (χ1n) is 17.9. The van der Waals surface area contributed by atoms with Gasteiger partial charge in [0.2, 0.25) is 0 Å². The zero-order valence-electron chi connectivity index (χ0n) is 28.3. The molecule has 1 nitrogen and oxygen atoms in total. The maximum absolute atomic E-state index is 2.45. The molecule has 0 fully saturated rings. The van der Waals surface area contributed by atoms with Crippen LogP contribution in [0.25, 0.3) is 65.7 Å². The minimum atomic E-state index is 1.04. The Morgan fingerprint density at radius 3 is 1.35 bits per heavy atom. The van der Waals surface area contributed by atoms with Crippen LogP contribution in [-0.4, -0.2) is 0 Å². The molecule has 9 aromatic rings. The first kappa shape index (κ1) is 29.5. The predicted molar refractivity (Wildman–Crippen MR) is 217 cm³/mol. The van der Waals surface area contributed by atoms with E-state index in [0.29, 0.717) is 0 Å². The van der Waals surface area contributed by atoms with Crippen LogP contribution < -0.4 is 4.90 Å². The summed E-state index contributed by atoms with van der Waals surface area (Å²) in [5, 5.41) is 7.54. The third-order valence-electron chi connectivity index (χ3n) is 10.7. The summed E-state index contributed by atoms with van der Waals surface area (Å²) in [6, 6.07) is 69.3. The van der Waals surface area contributed by atoms with Crippen LogP contribution in [-0.2, 0) is 12.8 Å². The van der Waals surface area contributed by atoms with Crippen molar-refractivity contribution in [1.29, 1.82) is 0 Å². The number of para-hydroxylation sites is 2. The fourth-order valence-corrected chi connectivity index (χ4v) is 8.37. The fraction of sp³-hybridized carbons (Fsp3) is 0.0400. The van der Waals surface area contributed by atoms with Crippen molar-refractivity contribution in [2.75, 3.05) is 4.90 Å². The van der Waals surface area contributed by atoms with Crippen molar-refractivity contribution in [1.82, 2.24) is 0 Å². The molecule has 0 atom stereocenters. The zero-order chi connectivity index (χ0) is 33.7. The van der Waals surface area contributed by atoms with Crippen molar-refractivity contribution in [2.45, 2.75) is 12.8 Å². The number of rotatable bonds is 4. The van der Waals surface area contributed by atoms with Crippen LogP contribution in [0.5, 0.6) is 0 Å². The number of aryl methyl sites for hydroxylation is 2. The van der Waals surface area contributed by atoms with Crippen molar-refractivity contribution >= 4 is 49.4 Å². The van der Waals surface area contributed by atoms with E-state index in [1.165, 1.54) is 93.9 Å². The summed E-state index contributed by atoms with van der Waals surface area (Å²) >= 11 is 0. The third-order valence-corrected chi connectivity index (χ3v) is 10.7. The van der Waals surface area contributed by atoms with Crippen LogP contribution in [0.3, 0.4) is 0 Å². The first-order valence-corrected chi connectivity index (χ1v) is 17.9. The summed E-state index contributed by atoms with van der Waals surface area (Å²) in [7, 11) is 0.